The summed E-state index contributed by atoms with van der Waals surface area (Å²) in [6.45, 7) is 0.644. The van der Waals surface area contributed by atoms with Gasteiger partial charge in [0, 0.05) is 17.3 Å². The fraction of sp³-hybridized carbons (Fsp3) is 0.200. The van der Waals surface area contributed by atoms with E-state index in [9.17, 15) is 13.6 Å². The minimum absolute atomic E-state index is 0.00839. The molecule has 0 fully saturated rings. The van der Waals surface area contributed by atoms with Crippen LogP contribution in [0.4, 0.5) is 8.78 Å². The van der Waals surface area contributed by atoms with Crippen LogP contribution >= 0.6 is 0 Å². The molecular weight excluding hydrogens is 278 g/mol. The molecule has 0 N–H and O–H groups in total. The van der Waals surface area contributed by atoms with E-state index < -0.39 is 6.61 Å². The van der Waals surface area contributed by atoms with Crippen molar-refractivity contribution in [3.05, 3.63) is 63.6 Å². The number of aromatic nitrogens is 1. The molecule has 0 spiro atoms. The Balaban J connectivity index is 2.37. The Bertz CT molecular complexity index is 724. The van der Waals surface area contributed by atoms with Crippen molar-refractivity contribution in [3.63, 3.8) is 0 Å². The number of rotatable bonds is 4. The molecule has 1 aromatic carbocycles. The van der Waals surface area contributed by atoms with Crippen LogP contribution in [0.1, 0.15) is 16.8 Å². The molecule has 0 unspecified atom stereocenters. The van der Waals surface area contributed by atoms with Gasteiger partial charge in [-0.2, -0.15) is 13.9 Å². The van der Waals surface area contributed by atoms with Crippen LogP contribution in [0.25, 0.3) is 0 Å². The molecule has 0 radical (unpaired) electrons. The average molecular weight is 292 g/mol. The number of ether oxygens (including phenoxy) is 1. The van der Waals surface area contributed by atoms with Crippen LogP contribution in [0.15, 0.2) is 46.3 Å². The van der Waals surface area contributed by atoms with Gasteiger partial charge in [0.05, 0.1) is 6.21 Å². The maximum absolute atomic E-state index is 12.3. The van der Waals surface area contributed by atoms with Gasteiger partial charge in [-0.05, 0) is 37.6 Å². The Labute approximate surface area is 120 Å². The topological polar surface area (TPSA) is 43.6 Å². The molecule has 1 heterocycles. The largest absolute Gasteiger partial charge is 0.434 e. The predicted octanol–water partition coefficient (Wildman–Crippen LogP) is 2.95. The molecule has 0 bridgehead atoms. The zero-order chi connectivity index (χ0) is 15.4. The van der Waals surface area contributed by atoms with Crippen molar-refractivity contribution in [2.24, 2.45) is 5.10 Å². The first-order valence-corrected chi connectivity index (χ1v) is 6.26. The highest BCUT2D eigenvalue weighted by molar-refractivity contribution is 5.83. The molecule has 0 aliphatic rings. The lowest BCUT2D eigenvalue weighted by molar-refractivity contribution is -0.0499. The summed E-state index contributed by atoms with van der Waals surface area (Å²) in [6, 6.07) is 9.50. The number of hydrogen-bond acceptors (Lipinski definition) is 3. The van der Waals surface area contributed by atoms with Crippen LogP contribution in [-0.2, 0) is 0 Å². The van der Waals surface area contributed by atoms with Gasteiger partial charge in [0.15, 0.2) is 0 Å². The molecule has 2 rings (SSSR count). The van der Waals surface area contributed by atoms with Gasteiger partial charge in [0.1, 0.15) is 5.75 Å². The third kappa shape index (κ3) is 3.75. The second kappa shape index (κ2) is 6.30. The molecule has 6 heteroatoms. The van der Waals surface area contributed by atoms with Crippen molar-refractivity contribution in [1.29, 1.82) is 0 Å². The number of halogens is 2. The van der Waals surface area contributed by atoms with Gasteiger partial charge in [0.25, 0.3) is 5.56 Å². The fourth-order valence-electron chi connectivity index (χ4n) is 1.92. The lowest BCUT2D eigenvalue weighted by atomic mass is 10.2. The summed E-state index contributed by atoms with van der Waals surface area (Å²) in [6.07, 6.45) is 1.32. The van der Waals surface area contributed by atoms with Gasteiger partial charge < -0.3 is 4.74 Å². The Kier molecular flexibility index (Phi) is 4.47. The lowest BCUT2D eigenvalue weighted by Crippen LogP contribution is -2.18. The van der Waals surface area contributed by atoms with Crippen LogP contribution in [0.2, 0.25) is 0 Å². The second-order valence-electron chi connectivity index (χ2n) is 4.49. The standard InChI is InChI=1S/C15H14F2N2O2/c1-10-7-11(2)19(14(20)8-10)18-9-12-5-3-4-6-13(12)21-15(16)17/h3-9,15H,1-2H3/b18-9-. The van der Waals surface area contributed by atoms with Crippen LogP contribution in [-0.4, -0.2) is 17.5 Å². The van der Waals surface area contributed by atoms with Gasteiger partial charge in [-0.15, -0.1) is 0 Å². The lowest BCUT2D eigenvalue weighted by Gasteiger charge is -2.08. The number of benzene rings is 1. The Morgan fingerprint density at radius 1 is 1.24 bits per heavy atom. The third-order valence-corrected chi connectivity index (χ3v) is 2.78. The molecule has 1 aromatic heterocycles. The van der Waals surface area contributed by atoms with E-state index in [2.05, 4.69) is 9.84 Å². The molecule has 0 saturated heterocycles. The van der Waals surface area contributed by atoms with E-state index in [-0.39, 0.29) is 11.3 Å². The SMILES string of the molecule is Cc1cc(C)n(/N=C\c2ccccc2OC(F)F)c(=O)c1. The minimum atomic E-state index is -2.91. The summed E-state index contributed by atoms with van der Waals surface area (Å²) in [5.41, 5.74) is 1.58. The zero-order valence-electron chi connectivity index (χ0n) is 11.6. The van der Waals surface area contributed by atoms with Crippen LogP contribution in [0, 0.1) is 13.8 Å². The zero-order valence-corrected chi connectivity index (χ0v) is 11.6. The number of alkyl halides is 2. The molecule has 0 aliphatic heterocycles. The van der Waals surface area contributed by atoms with Crippen LogP contribution < -0.4 is 10.3 Å². The van der Waals surface area contributed by atoms with E-state index in [1.54, 1.807) is 31.2 Å². The molecule has 2 aromatic rings. The summed E-state index contributed by atoms with van der Waals surface area (Å²) >= 11 is 0. The van der Waals surface area contributed by atoms with Gasteiger partial charge in [-0.1, -0.05) is 12.1 Å². The van der Waals surface area contributed by atoms with Gasteiger partial charge >= 0.3 is 6.61 Å². The quantitative estimate of drug-likeness (QED) is 0.813. The first kappa shape index (κ1) is 14.9. The van der Waals surface area contributed by atoms with E-state index >= 15 is 0 Å². The highest BCUT2D eigenvalue weighted by Gasteiger charge is 2.07. The summed E-state index contributed by atoms with van der Waals surface area (Å²) in [5, 5.41) is 4.04. The maximum atomic E-state index is 12.3. The van der Waals surface area contributed by atoms with E-state index in [4.69, 9.17) is 0 Å². The number of aryl methyl sites for hydroxylation is 2. The smallest absolute Gasteiger partial charge is 0.387 e. The van der Waals surface area contributed by atoms with Crippen molar-refractivity contribution >= 4 is 6.21 Å². The highest BCUT2D eigenvalue weighted by Crippen LogP contribution is 2.18. The predicted molar refractivity (Wildman–Crippen MR) is 76.2 cm³/mol. The molecule has 4 nitrogen and oxygen atoms in total. The molecule has 110 valence electrons. The first-order chi connectivity index (χ1) is 9.97. The van der Waals surface area contributed by atoms with E-state index in [0.717, 1.165) is 5.56 Å². The van der Waals surface area contributed by atoms with Crippen LogP contribution in [0.5, 0.6) is 5.75 Å². The molecule has 0 atom stereocenters. The summed E-state index contributed by atoms with van der Waals surface area (Å²) in [7, 11) is 0. The minimum Gasteiger partial charge on any atom is -0.434 e. The van der Waals surface area contributed by atoms with Gasteiger partial charge in [-0.3, -0.25) is 4.79 Å². The summed E-state index contributed by atoms with van der Waals surface area (Å²) < 4.78 is 30.2. The summed E-state index contributed by atoms with van der Waals surface area (Å²) in [5.74, 6) is 0.00839. The van der Waals surface area contributed by atoms with Crippen molar-refractivity contribution in [3.8, 4) is 5.75 Å². The van der Waals surface area contributed by atoms with Crippen molar-refractivity contribution < 1.29 is 13.5 Å². The normalized spacial score (nSPS) is 11.3. The van der Waals surface area contributed by atoms with Crippen LogP contribution in [0.3, 0.4) is 0 Å². The van der Waals surface area contributed by atoms with Crippen molar-refractivity contribution in [2.45, 2.75) is 20.5 Å². The van der Waals surface area contributed by atoms with Crippen molar-refractivity contribution in [2.75, 3.05) is 0 Å². The van der Waals surface area contributed by atoms with Gasteiger partial charge in [-0.25, -0.2) is 4.68 Å². The molecule has 0 amide bonds. The summed E-state index contributed by atoms with van der Waals surface area (Å²) in [4.78, 5) is 11.8. The number of pyridine rings is 1. The Morgan fingerprint density at radius 3 is 2.62 bits per heavy atom. The van der Waals surface area contributed by atoms with E-state index in [0.29, 0.717) is 11.3 Å². The fourth-order valence-corrected chi connectivity index (χ4v) is 1.92. The average Bonchev–Trinajstić information content (AvgIpc) is 2.38. The first-order valence-electron chi connectivity index (χ1n) is 6.26. The Morgan fingerprint density at radius 2 is 1.95 bits per heavy atom. The maximum Gasteiger partial charge on any atom is 0.387 e. The molecule has 0 saturated carbocycles. The van der Waals surface area contributed by atoms with Crippen molar-refractivity contribution in [1.82, 2.24) is 4.68 Å². The second-order valence-corrected chi connectivity index (χ2v) is 4.49. The Hall–Kier alpha value is -2.50. The highest BCUT2D eigenvalue weighted by atomic mass is 19.3. The third-order valence-electron chi connectivity index (χ3n) is 2.78. The molecule has 0 aliphatic carbocycles. The molecule has 21 heavy (non-hydrogen) atoms. The van der Waals surface area contributed by atoms with Gasteiger partial charge in [0.2, 0.25) is 0 Å². The van der Waals surface area contributed by atoms with E-state index in [1.807, 2.05) is 6.92 Å². The monoisotopic (exact) mass is 292 g/mol. The number of hydrogen-bond donors (Lipinski definition) is 0. The number of para-hydroxylation sites is 1. The molecular formula is C15H14F2N2O2. The van der Waals surface area contributed by atoms with E-state index in [1.165, 1.54) is 23.0 Å². The number of nitrogens with zero attached hydrogens (tertiary/aromatic N) is 2.